The third-order valence-electron chi connectivity index (χ3n) is 1.98. The van der Waals surface area contributed by atoms with Crippen LogP contribution in [0.3, 0.4) is 0 Å². The van der Waals surface area contributed by atoms with E-state index < -0.39 is 5.82 Å². The van der Waals surface area contributed by atoms with Crippen LogP contribution in [0.2, 0.25) is 0 Å². The lowest BCUT2D eigenvalue weighted by molar-refractivity contribution is 0.213. The van der Waals surface area contributed by atoms with Crippen molar-refractivity contribution in [1.29, 1.82) is 0 Å². The maximum atomic E-state index is 13.8. The molecule has 0 aromatic heterocycles. The Labute approximate surface area is 99.4 Å². The molecule has 0 radical (unpaired) electrons. The lowest BCUT2D eigenvalue weighted by atomic mass is 10.3. The van der Waals surface area contributed by atoms with E-state index in [4.69, 9.17) is 15.3 Å². The van der Waals surface area contributed by atoms with Crippen LogP contribution in [0.1, 0.15) is 13.8 Å². The Balaban J connectivity index is 2.73. The Morgan fingerprint density at radius 1 is 1.41 bits per heavy atom. The van der Waals surface area contributed by atoms with Crippen molar-refractivity contribution in [2.45, 2.75) is 20.0 Å². The lowest BCUT2D eigenvalue weighted by Gasteiger charge is -2.14. The molecular formula is C11H16FN3O2. The molecule has 0 saturated heterocycles. The van der Waals surface area contributed by atoms with Gasteiger partial charge in [-0.15, -0.1) is 0 Å². The largest absolute Gasteiger partial charge is 0.491 e. The minimum atomic E-state index is -0.508. The number of hydrogen-bond donors (Lipinski definition) is 1. The predicted molar refractivity (Wildman–Crippen MR) is 61.6 cm³/mol. The molecule has 94 valence electrons. The summed E-state index contributed by atoms with van der Waals surface area (Å²) in [4.78, 5) is 0. The van der Waals surface area contributed by atoms with Gasteiger partial charge in [-0.1, -0.05) is 11.3 Å². The van der Waals surface area contributed by atoms with Gasteiger partial charge in [0.05, 0.1) is 13.2 Å². The van der Waals surface area contributed by atoms with Crippen LogP contribution < -0.4 is 15.3 Å². The fourth-order valence-corrected chi connectivity index (χ4v) is 1.26. The fraction of sp³-hybridized carbons (Fsp3) is 0.455. The zero-order valence-corrected chi connectivity index (χ0v) is 9.89. The summed E-state index contributed by atoms with van der Waals surface area (Å²) in [7, 11) is 0. The Kier molecular flexibility index (Phi) is 5.19. The Morgan fingerprint density at radius 3 is 2.76 bits per heavy atom. The third kappa shape index (κ3) is 3.90. The van der Waals surface area contributed by atoms with Crippen LogP contribution in [0.4, 0.5) is 4.39 Å². The first-order valence-corrected chi connectivity index (χ1v) is 5.33. The standard InChI is InChI=1S/C11H16FN3O2/c1-3-16-9-5-4-6-10(11(9)12)17-8(2)7-14-15-13/h4-6,8H,3,7H2,1-2H3,(H2,13,14)/t8-/m0/s1. The van der Waals surface area contributed by atoms with Crippen molar-refractivity contribution in [3.8, 4) is 11.5 Å². The summed E-state index contributed by atoms with van der Waals surface area (Å²) < 4.78 is 24.3. The number of rotatable bonds is 6. The van der Waals surface area contributed by atoms with Gasteiger partial charge in [-0.3, -0.25) is 0 Å². The lowest BCUT2D eigenvalue weighted by Crippen LogP contribution is -2.16. The van der Waals surface area contributed by atoms with Gasteiger partial charge in [0.15, 0.2) is 11.5 Å². The van der Waals surface area contributed by atoms with Crippen LogP contribution in [-0.2, 0) is 0 Å². The summed E-state index contributed by atoms with van der Waals surface area (Å²) in [6.45, 7) is 4.21. The first-order chi connectivity index (χ1) is 8.19. The second-order valence-electron chi connectivity index (χ2n) is 3.37. The molecule has 6 heteroatoms. The van der Waals surface area contributed by atoms with E-state index in [0.29, 0.717) is 6.61 Å². The van der Waals surface area contributed by atoms with Crippen LogP contribution in [0.25, 0.3) is 0 Å². The van der Waals surface area contributed by atoms with Crippen molar-refractivity contribution >= 4 is 0 Å². The molecule has 5 nitrogen and oxygen atoms in total. The summed E-state index contributed by atoms with van der Waals surface area (Å²) in [6, 6.07) is 4.75. The molecule has 0 unspecified atom stereocenters. The predicted octanol–water partition coefficient (Wildman–Crippen LogP) is 2.32. The Hall–Kier alpha value is -1.85. The minimum Gasteiger partial charge on any atom is -0.491 e. The monoisotopic (exact) mass is 241 g/mol. The number of nitrogens with two attached hydrogens (primary N) is 1. The van der Waals surface area contributed by atoms with Gasteiger partial charge >= 0.3 is 0 Å². The van der Waals surface area contributed by atoms with Gasteiger partial charge in [-0.2, -0.15) is 9.50 Å². The van der Waals surface area contributed by atoms with Gasteiger partial charge in [0.25, 0.3) is 0 Å². The van der Waals surface area contributed by atoms with E-state index >= 15 is 0 Å². The van der Waals surface area contributed by atoms with Crippen molar-refractivity contribution in [3.05, 3.63) is 24.0 Å². The molecule has 0 bridgehead atoms. The number of ether oxygens (including phenoxy) is 2. The second-order valence-corrected chi connectivity index (χ2v) is 3.37. The third-order valence-corrected chi connectivity index (χ3v) is 1.98. The van der Waals surface area contributed by atoms with Crippen molar-refractivity contribution in [1.82, 2.24) is 0 Å². The van der Waals surface area contributed by atoms with E-state index in [2.05, 4.69) is 10.3 Å². The van der Waals surface area contributed by atoms with Crippen molar-refractivity contribution in [2.24, 2.45) is 16.2 Å². The molecule has 0 fully saturated rings. The fourth-order valence-electron chi connectivity index (χ4n) is 1.26. The molecule has 17 heavy (non-hydrogen) atoms. The Morgan fingerprint density at radius 2 is 2.12 bits per heavy atom. The molecule has 1 aromatic carbocycles. The summed E-state index contributed by atoms with van der Waals surface area (Å²) in [6.07, 6.45) is -0.311. The number of benzene rings is 1. The molecule has 0 heterocycles. The highest BCUT2D eigenvalue weighted by Gasteiger charge is 2.12. The van der Waals surface area contributed by atoms with E-state index in [0.717, 1.165) is 0 Å². The maximum Gasteiger partial charge on any atom is 0.206 e. The zero-order valence-electron chi connectivity index (χ0n) is 9.89. The van der Waals surface area contributed by atoms with E-state index in [1.54, 1.807) is 26.0 Å². The van der Waals surface area contributed by atoms with Crippen molar-refractivity contribution < 1.29 is 13.9 Å². The smallest absolute Gasteiger partial charge is 0.206 e. The number of hydrogen-bond acceptors (Lipinski definition) is 4. The van der Waals surface area contributed by atoms with Crippen LogP contribution in [0, 0.1) is 5.82 Å². The van der Waals surface area contributed by atoms with Crippen LogP contribution in [-0.4, -0.2) is 19.3 Å². The quantitative estimate of drug-likeness (QED) is 0.472. The average molecular weight is 241 g/mol. The normalized spacial score (nSPS) is 12.6. The molecular weight excluding hydrogens is 225 g/mol. The molecule has 0 aliphatic rings. The molecule has 0 spiro atoms. The SMILES string of the molecule is CCOc1cccc(O[C@@H](C)CN=NN)c1F. The summed E-state index contributed by atoms with van der Waals surface area (Å²) in [5.41, 5.74) is 0. The maximum absolute atomic E-state index is 13.8. The van der Waals surface area contributed by atoms with E-state index in [9.17, 15) is 4.39 Å². The van der Waals surface area contributed by atoms with Gasteiger partial charge in [0.1, 0.15) is 6.10 Å². The first kappa shape index (κ1) is 13.2. The summed E-state index contributed by atoms with van der Waals surface area (Å²) in [5.74, 6) is 4.68. The minimum absolute atomic E-state index is 0.135. The van der Waals surface area contributed by atoms with Gasteiger partial charge in [-0.25, -0.2) is 0 Å². The number of nitrogens with zero attached hydrogens (tertiary/aromatic N) is 2. The van der Waals surface area contributed by atoms with E-state index in [1.807, 2.05) is 0 Å². The number of halogens is 1. The van der Waals surface area contributed by atoms with Crippen molar-refractivity contribution in [2.75, 3.05) is 13.2 Å². The molecule has 0 aliphatic heterocycles. The second kappa shape index (κ2) is 6.67. The van der Waals surface area contributed by atoms with Gasteiger partial charge in [-0.05, 0) is 26.0 Å². The highest BCUT2D eigenvalue weighted by molar-refractivity contribution is 5.35. The average Bonchev–Trinajstić information content (AvgIpc) is 2.32. The van der Waals surface area contributed by atoms with Gasteiger partial charge < -0.3 is 15.3 Å². The molecule has 0 amide bonds. The Bertz CT molecular complexity index is 385. The highest BCUT2D eigenvalue weighted by Crippen LogP contribution is 2.27. The van der Waals surface area contributed by atoms with Crippen LogP contribution in [0.5, 0.6) is 11.5 Å². The van der Waals surface area contributed by atoms with Gasteiger partial charge in [0, 0.05) is 0 Å². The topological polar surface area (TPSA) is 69.2 Å². The molecule has 1 aromatic rings. The molecule has 1 atom stereocenters. The summed E-state index contributed by atoms with van der Waals surface area (Å²) >= 11 is 0. The van der Waals surface area contributed by atoms with E-state index in [-0.39, 0.29) is 24.1 Å². The van der Waals surface area contributed by atoms with Crippen LogP contribution in [0.15, 0.2) is 28.5 Å². The molecule has 0 saturated carbocycles. The molecule has 0 aliphatic carbocycles. The van der Waals surface area contributed by atoms with E-state index in [1.165, 1.54) is 6.07 Å². The van der Waals surface area contributed by atoms with Crippen molar-refractivity contribution in [3.63, 3.8) is 0 Å². The van der Waals surface area contributed by atoms with Gasteiger partial charge in [0.2, 0.25) is 5.82 Å². The highest BCUT2D eigenvalue weighted by atomic mass is 19.1. The zero-order chi connectivity index (χ0) is 12.7. The first-order valence-electron chi connectivity index (χ1n) is 5.33. The molecule has 2 N–H and O–H groups in total. The molecule has 1 rings (SSSR count). The summed E-state index contributed by atoms with van der Waals surface area (Å²) in [5, 5.41) is 6.69. The van der Waals surface area contributed by atoms with Crippen LogP contribution >= 0.6 is 0 Å².